The summed E-state index contributed by atoms with van der Waals surface area (Å²) in [4.78, 5) is 203. The van der Waals surface area contributed by atoms with Crippen molar-refractivity contribution < 1.29 is 99.6 Å². The Morgan fingerprint density at radius 2 is 0.842 bits per heavy atom. The summed E-state index contributed by atoms with van der Waals surface area (Å²) in [6.07, 6.45) is 4.77. The van der Waals surface area contributed by atoms with E-state index in [1.54, 1.807) is 97.1 Å². The molecule has 41 heteroatoms. The molecular formula is C92H74ClN17O22S. The number of para-hydroxylation sites is 1. The van der Waals surface area contributed by atoms with E-state index in [2.05, 4.69) is 115 Å². The molecule has 18 amide bonds. The molecule has 4 saturated heterocycles. The van der Waals surface area contributed by atoms with E-state index in [9.17, 15) is 85.4 Å². The number of methoxy groups -OCH3 is 4. The maximum Gasteiger partial charge on any atom is 0.323 e. The minimum Gasteiger partial charge on any atom is -0.505 e. The van der Waals surface area contributed by atoms with Crippen molar-refractivity contribution in [2.45, 2.75) is 79.3 Å². The lowest BCUT2D eigenvalue weighted by molar-refractivity contribution is -0.123. The van der Waals surface area contributed by atoms with E-state index >= 15 is 0 Å². The monoisotopic (exact) mass is 1840 g/mol. The van der Waals surface area contributed by atoms with Crippen molar-refractivity contribution in [3.8, 4) is 76.1 Å². The van der Waals surface area contributed by atoms with Crippen LogP contribution in [0, 0.1) is 47.4 Å². The lowest BCUT2D eigenvalue weighted by Crippen LogP contribution is -2.54. The maximum absolute atomic E-state index is 13.0. The standard InChI is InChI=1S/C25H22N4O7S.C24H18N4O5.C23H19N5O5.C20H15ClN4O5/c1-36-18-7-6-17-13-29(22(31)20(17)12-18)14-25(23(32)26-24(33)27-25)11-10-15-2-4-16(5-3-15)21(30)28-37(34,35)19-8-9-19;1-33-17-7-6-16-12-28(21(30)18(16)11-17)13-24(22(31)26-23(32)27-24)9-8-15-10-14-4-2-3-5-19(14)25-20(15)29;1-33-16-4-2-15-11-28(20(30)17(15)9-16)12-23(21(31)26-22(32)27-23)7-6-13-8-14-3-5-18(29)25-19(14)24-10-13;1-30-13-3-2-12-9-25(17(27)14(12)7-13)10-20(18(28)23-19(29)24-20)5-4-11-6-15(26)16(21)22-8-11/h2-7,12,19H,8-9,13-14H2,1H3,(H,28,30)(H2,26,27,32,33);2-7,10-11H,12-13H2,1H3,(H,25,29)(H2,26,27,31,32);2,4,8-10H,3,5,11-12H2,1H3,(H,24,25,29)(H2,26,27,31,32);2-3,6-8,26H,9-10H2,1H3,(H2,23,24,28,29)/t25-;24-;23-;20-/m1111/s1. The maximum atomic E-state index is 13.0. The van der Waals surface area contributed by atoms with Crippen molar-refractivity contribution in [3.05, 3.63) is 245 Å². The van der Waals surface area contributed by atoms with Crippen LogP contribution in [0.3, 0.4) is 0 Å². The third kappa shape index (κ3) is 18.6. The number of hydrogen-bond acceptors (Lipinski definition) is 24. The normalized spacial score (nSPS) is 20.0. The molecule has 5 fully saturated rings. The Hall–Kier alpha value is -17.1. The number of ether oxygens (including phenoxy) is 4. The number of nitrogens with one attached hydrogen (secondary N) is 11. The van der Waals surface area contributed by atoms with Gasteiger partial charge in [-0.2, -0.15) is 0 Å². The number of benzene rings is 6. The molecule has 0 spiro atoms. The fourth-order valence-corrected chi connectivity index (χ4v) is 17.0. The zero-order chi connectivity index (χ0) is 94.2. The number of fused-ring (bicyclic) bond motifs is 6. The minimum absolute atomic E-state index is 0.0852. The van der Waals surface area contributed by atoms with E-state index in [1.165, 1.54) is 90.8 Å². The van der Waals surface area contributed by atoms with Gasteiger partial charge in [0.2, 0.25) is 38.1 Å². The molecular weight excluding hydrogens is 1760 g/mol. The molecule has 6 aromatic carbocycles. The van der Waals surface area contributed by atoms with Crippen LogP contribution >= 0.6 is 11.6 Å². The highest BCUT2D eigenvalue weighted by Crippen LogP contribution is 2.36. The van der Waals surface area contributed by atoms with E-state index < -0.39 is 96.6 Å². The van der Waals surface area contributed by atoms with E-state index in [4.69, 9.17) is 30.5 Å². The number of anilines is 1. The molecule has 0 unspecified atom stereocenters. The van der Waals surface area contributed by atoms with Gasteiger partial charge in [-0.25, -0.2) is 42.3 Å². The molecule has 133 heavy (non-hydrogen) atoms. The van der Waals surface area contributed by atoms with Gasteiger partial charge in [0.05, 0.1) is 65.4 Å². The number of carbonyl (C=O) groups excluding carboxylic acids is 14. The van der Waals surface area contributed by atoms with Crippen molar-refractivity contribution in [2.75, 3.05) is 59.9 Å². The summed E-state index contributed by atoms with van der Waals surface area (Å²) in [5.41, 5.74) is 0.913. The fourth-order valence-electron chi connectivity index (χ4n) is 15.6. The predicted octanol–water partition coefficient (Wildman–Crippen LogP) is 3.22. The second kappa shape index (κ2) is 35.8. The molecule has 1 aliphatic carbocycles. The topological polar surface area (TPSA) is 522 Å². The number of urea groups is 4. The number of imide groups is 4. The number of aromatic hydroxyl groups is 1. The molecule has 10 aliphatic rings. The molecule has 672 valence electrons. The van der Waals surface area contributed by atoms with Crippen LogP contribution in [0.1, 0.15) is 121 Å². The zero-order valence-electron chi connectivity index (χ0n) is 70.5. The van der Waals surface area contributed by atoms with Gasteiger partial charge in [0.25, 0.3) is 58.7 Å². The third-order valence-corrected chi connectivity index (χ3v) is 24.8. The summed E-state index contributed by atoms with van der Waals surface area (Å²) >= 11 is 5.69. The van der Waals surface area contributed by atoms with Crippen LogP contribution in [-0.2, 0) is 66.6 Å². The first-order chi connectivity index (χ1) is 63.7. The van der Waals surface area contributed by atoms with Gasteiger partial charge in [-0.15, -0.1) is 0 Å². The molecule has 4 atom stereocenters. The lowest BCUT2D eigenvalue weighted by Gasteiger charge is -2.26. The van der Waals surface area contributed by atoms with Gasteiger partial charge >= 0.3 is 24.1 Å². The zero-order valence-corrected chi connectivity index (χ0v) is 72.1. The second-order valence-corrected chi connectivity index (χ2v) is 34.0. The van der Waals surface area contributed by atoms with Gasteiger partial charge in [-0.3, -0.25) is 74.0 Å². The number of amides is 18. The average molecular weight is 1840 g/mol. The van der Waals surface area contributed by atoms with Gasteiger partial charge < -0.3 is 75.2 Å². The Kier molecular flexibility index (Phi) is 24.1. The van der Waals surface area contributed by atoms with Crippen molar-refractivity contribution in [3.63, 3.8) is 0 Å². The first kappa shape index (κ1) is 89.3. The molecule has 0 bridgehead atoms. The predicted molar refractivity (Wildman–Crippen MR) is 469 cm³/mol. The fraction of sp³-hybridized carbons (Fsp3) is 0.228. The van der Waals surface area contributed by atoms with Crippen LogP contribution in [0.4, 0.5) is 25.0 Å². The number of H-pyrrole nitrogens is 1. The molecule has 19 rings (SSSR count). The quantitative estimate of drug-likeness (QED) is 0.0398. The molecule has 12 N–H and O–H groups in total. The van der Waals surface area contributed by atoms with Gasteiger partial charge in [0.1, 0.15) is 28.8 Å². The molecule has 0 radical (unpaired) electrons. The van der Waals surface area contributed by atoms with Crippen molar-refractivity contribution in [2.24, 2.45) is 0 Å². The highest BCUT2D eigenvalue weighted by molar-refractivity contribution is 7.91. The van der Waals surface area contributed by atoms with Crippen LogP contribution in [0.2, 0.25) is 5.15 Å². The van der Waals surface area contributed by atoms with Gasteiger partial charge in [-0.05, 0) is 143 Å². The van der Waals surface area contributed by atoms with Crippen LogP contribution < -0.4 is 77.1 Å². The van der Waals surface area contributed by atoms with E-state index in [0.717, 1.165) is 33.2 Å². The van der Waals surface area contributed by atoms with Crippen molar-refractivity contribution in [1.82, 2.24) is 81.8 Å². The highest BCUT2D eigenvalue weighted by atomic mass is 35.5. The Morgan fingerprint density at radius 1 is 0.459 bits per heavy atom. The Balaban J connectivity index is 0.000000129. The molecule has 39 nitrogen and oxygen atoms in total. The number of carbonyl (C=O) groups is 14. The number of hydrogen-bond donors (Lipinski definition) is 12. The van der Waals surface area contributed by atoms with E-state index in [1.807, 2.05) is 12.1 Å². The summed E-state index contributed by atoms with van der Waals surface area (Å²) in [5.74, 6) is 20.0. The smallest absolute Gasteiger partial charge is 0.323 e. The first-order valence-electron chi connectivity index (χ1n) is 40.6. The minimum atomic E-state index is -3.68. The Bertz CT molecular complexity index is 7080. The molecule has 1 saturated carbocycles. The Labute approximate surface area is 759 Å². The number of aromatic nitrogens is 3. The largest absolute Gasteiger partial charge is 0.505 e. The molecule has 3 aromatic heterocycles. The number of nitrogens with zero attached hydrogens (tertiary/aromatic N) is 6. The molecule has 9 aromatic rings. The van der Waals surface area contributed by atoms with E-state index in [-0.39, 0.29) is 109 Å². The first-order valence-corrected chi connectivity index (χ1v) is 42.5. The highest BCUT2D eigenvalue weighted by Gasteiger charge is 2.53. The van der Waals surface area contributed by atoms with Crippen LogP contribution in [0.5, 0.6) is 28.7 Å². The number of sulfonamides is 1. The number of halogens is 1. The molecule has 9 aliphatic heterocycles. The third-order valence-electron chi connectivity index (χ3n) is 22.7. The van der Waals surface area contributed by atoms with Crippen LogP contribution in [-0.4, -0.2) is 213 Å². The summed E-state index contributed by atoms with van der Waals surface area (Å²) in [5, 5.41) is 31.4. The Morgan fingerprint density at radius 3 is 1.23 bits per heavy atom. The number of aryl methyl sites for hydroxylation is 1. The number of rotatable bonds is 15. The van der Waals surface area contributed by atoms with Gasteiger partial charge in [0.15, 0.2) is 10.9 Å². The lowest BCUT2D eigenvalue weighted by atomic mass is 9.98. The average Bonchev–Trinajstić information content (AvgIpc) is 1.64. The van der Waals surface area contributed by atoms with Crippen LogP contribution in [0.25, 0.3) is 10.9 Å². The summed E-state index contributed by atoms with van der Waals surface area (Å²) in [6, 6.07) is 35.6. The summed E-state index contributed by atoms with van der Waals surface area (Å²) < 4.78 is 46.8. The molecule has 12 heterocycles. The summed E-state index contributed by atoms with van der Waals surface area (Å²) in [7, 11) is 2.36. The second-order valence-electron chi connectivity index (χ2n) is 31.7. The van der Waals surface area contributed by atoms with Crippen molar-refractivity contribution >= 4 is 122 Å². The van der Waals surface area contributed by atoms with Gasteiger partial charge in [-0.1, -0.05) is 101 Å². The van der Waals surface area contributed by atoms with E-state index in [0.29, 0.717) is 93.4 Å². The number of pyridine rings is 3. The van der Waals surface area contributed by atoms with Crippen LogP contribution in [0.15, 0.2) is 157 Å². The number of aromatic amines is 1. The SMILES string of the molecule is COc1ccc2c(c1)C(=O)N(C[C@@]1(C#Cc3cc4ccccc4[nH]c3=O)NC(=O)NC1=O)C2.COc1ccc2c(c1)C(=O)N(C[C@@]1(C#Cc3ccc(C(=O)NS(=O)(=O)C4CC4)cc3)NC(=O)NC1=O)C2.COc1ccc2c(c1)C(=O)N(C[C@@]1(C#Cc3cnc(Cl)c(O)c3)NC(=O)NC1=O)C2.COc1ccc2c(c1)C(=O)N(C[C@@]1(C#Cc3cnc4c(c3)CCC(=O)N4)NC(=O)NC1=O)C2. The van der Waals surface area contributed by atoms with Gasteiger partial charge in [0, 0.05) is 101 Å². The summed E-state index contributed by atoms with van der Waals surface area (Å²) in [6.45, 7) is 0.368. The van der Waals surface area contributed by atoms with Crippen molar-refractivity contribution in [1.29, 1.82) is 0 Å².